The van der Waals surface area contributed by atoms with Gasteiger partial charge in [0.2, 0.25) is 0 Å². The van der Waals surface area contributed by atoms with Crippen LogP contribution in [0.5, 0.6) is 0 Å². The van der Waals surface area contributed by atoms with Gasteiger partial charge in [-0.3, -0.25) is 20.2 Å². The summed E-state index contributed by atoms with van der Waals surface area (Å²) < 4.78 is 28.2. The molecular formula is C16H14F2N4O4. The van der Waals surface area contributed by atoms with Gasteiger partial charge in [-0.05, 0) is 12.1 Å². The lowest BCUT2D eigenvalue weighted by Crippen LogP contribution is -2.47. The monoisotopic (exact) mass is 364 g/mol. The third kappa shape index (κ3) is 3.39. The van der Waals surface area contributed by atoms with E-state index < -0.39 is 21.5 Å². The first-order valence-electron chi connectivity index (χ1n) is 7.74. The minimum atomic E-state index is -0.686. The molecule has 1 saturated heterocycles. The lowest BCUT2D eigenvalue weighted by atomic mass is 10.2. The molecule has 0 bridgehead atoms. The molecule has 2 aromatic rings. The van der Waals surface area contributed by atoms with Crippen LogP contribution in [0.2, 0.25) is 0 Å². The Morgan fingerprint density at radius 3 is 1.35 bits per heavy atom. The fraction of sp³-hybridized carbons (Fsp3) is 0.250. The van der Waals surface area contributed by atoms with E-state index in [0.29, 0.717) is 26.2 Å². The highest BCUT2D eigenvalue weighted by Gasteiger charge is 2.23. The molecule has 1 aliphatic heterocycles. The van der Waals surface area contributed by atoms with Gasteiger partial charge < -0.3 is 9.80 Å². The quantitative estimate of drug-likeness (QED) is 0.611. The van der Waals surface area contributed by atoms with E-state index >= 15 is 0 Å². The van der Waals surface area contributed by atoms with Crippen molar-refractivity contribution >= 4 is 22.7 Å². The van der Waals surface area contributed by atoms with Crippen molar-refractivity contribution in [3.8, 4) is 0 Å². The number of hydrogen-bond acceptors (Lipinski definition) is 6. The maximum atomic E-state index is 14.1. The number of non-ortho nitro benzene ring substituents is 2. The molecule has 3 rings (SSSR count). The van der Waals surface area contributed by atoms with Crippen LogP contribution in [-0.4, -0.2) is 36.0 Å². The Morgan fingerprint density at radius 1 is 0.731 bits per heavy atom. The molecule has 2 aromatic carbocycles. The molecule has 10 heteroatoms. The number of halogens is 2. The topological polar surface area (TPSA) is 92.8 Å². The fourth-order valence-corrected chi connectivity index (χ4v) is 2.92. The number of nitrogens with zero attached hydrogens (tertiary/aromatic N) is 4. The van der Waals surface area contributed by atoms with Crippen molar-refractivity contribution in [2.45, 2.75) is 0 Å². The second-order valence-corrected chi connectivity index (χ2v) is 5.76. The van der Waals surface area contributed by atoms with E-state index in [9.17, 15) is 29.0 Å². The normalized spacial score (nSPS) is 14.4. The third-order valence-corrected chi connectivity index (χ3v) is 4.25. The lowest BCUT2D eigenvalue weighted by Gasteiger charge is -2.37. The number of rotatable bonds is 4. The van der Waals surface area contributed by atoms with E-state index in [4.69, 9.17) is 0 Å². The second-order valence-electron chi connectivity index (χ2n) is 5.76. The summed E-state index contributed by atoms with van der Waals surface area (Å²) in [5, 5.41) is 21.4. The van der Waals surface area contributed by atoms with Crippen molar-refractivity contribution in [3.05, 3.63) is 68.3 Å². The highest BCUT2D eigenvalue weighted by atomic mass is 19.1. The molecule has 0 radical (unpaired) electrons. The van der Waals surface area contributed by atoms with Crippen LogP contribution in [0.25, 0.3) is 0 Å². The summed E-state index contributed by atoms with van der Waals surface area (Å²) in [6.07, 6.45) is 0. The molecule has 26 heavy (non-hydrogen) atoms. The van der Waals surface area contributed by atoms with Gasteiger partial charge >= 0.3 is 0 Å². The molecule has 0 spiro atoms. The molecule has 0 aromatic heterocycles. The molecule has 1 aliphatic rings. The number of nitro benzene ring substituents is 2. The van der Waals surface area contributed by atoms with E-state index in [1.807, 2.05) is 0 Å². The molecule has 8 nitrogen and oxygen atoms in total. The predicted molar refractivity (Wildman–Crippen MR) is 90.5 cm³/mol. The minimum absolute atomic E-state index is 0.249. The highest BCUT2D eigenvalue weighted by Crippen LogP contribution is 2.28. The van der Waals surface area contributed by atoms with Crippen molar-refractivity contribution in [2.75, 3.05) is 36.0 Å². The van der Waals surface area contributed by atoms with Gasteiger partial charge in [-0.15, -0.1) is 0 Å². The van der Waals surface area contributed by atoms with Gasteiger partial charge in [-0.1, -0.05) is 0 Å². The van der Waals surface area contributed by atoms with Gasteiger partial charge in [0.05, 0.1) is 33.4 Å². The summed E-state index contributed by atoms with van der Waals surface area (Å²) in [6.45, 7) is 1.52. The highest BCUT2D eigenvalue weighted by molar-refractivity contribution is 5.56. The summed E-state index contributed by atoms with van der Waals surface area (Å²) in [7, 11) is 0. The Kier molecular flexibility index (Phi) is 4.65. The molecular weight excluding hydrogens is 350 g/mol. The number of hydrogen-bond donors (Lipinski definition) is 0. The number of anilines is 2. The Balaban J connectivity index is 1.72. The first-order chi connectivity index (χ1) is 12.4. The van der Waals surface area contributed by atoms with Gasteiger partial charge in [-0.2, -0.15) is 0 Å². The Morgan fingerprint density at radius 2 is 1.08 bits per heavy atom. The molecule has 0 aliphatic carbocycles. The van der Waals surface area contributed by atoms with E-state index in [2.05, 4.69) is 0 Å². The number of piperazine rings is 1. The zero-order valence-corrected chi connectivity index (χ0v) is 13.5. The minimum Gasteiger partial charge on any atom is -0.366 e. The standard InChI is InChI=1S/C16H14F2N4O4/c17-13-9-11(21(23)24)1-3-15(13)19-5-7-20(8-6-19)16-4-2-12(22(25)26)10-14(16)18/h1-4,9-10H,5-8H2. The molecule has 1 heterocycles. The first-order valence-corrected chi connectivity index (χ1v) is 7.74. The second kappa shape index (κ2) is 6.90. The van der Waals surface area contributed by atoms with Crippen LogP contribution in [0.3, 0.4) is 0 Å². The van der Waals surface area contributed by atoms with Crippen molar-refractivity contribution < 1.29 is 18.6 Å². The van der Waals surface area contributed by atoms with E-state index in [0.717, 1.165) is 12.1 Å². The van der Waals surface area contributed by atoms with Crippen LogP contribution in [0, 0.1) is 31.9 Å². The fourth-order valence-electron chi connectivity index (χ4n) is 2.92. The predicted octanol–water partition coefficient (Wildman–Crippen LogP) is 3.11. The van der Waals surface area contributed by atoms with Crippen molar-refractivity contribution in [1.29, 1.82) is 0 Å². The summed E-state index contributed by atoms with van der Waals surface area (Å²) in [5.41, 5.74) is -0.144. The molecule has 0 saturated carbocycles. The van der Waals surface area contributed by atoms with Crippen molar-refractivity contribution in [3.63, 3.8) is 0 Å². The molecule has 136 valence electrons. The van der Waals surface area contributed by atoms with Gasteiger partial charge in [0, 0.05) is 38.3 Å². The molecule has 0 N–H and O–H groups in total. The maximum absolute atomic E-state index is 14.1. The van der Waals surface area contributed by atoms with Gasteiger partial charge in [0.25, 0.3) is 11.4 Å². The lowest BCUT2D eigenvalue weighted by molar-refractivity contribution is -0.385. The largest absolute Gasteiger partial charge is 0.366 e. The Hall–Kier alpha value is -3.30. The smallest absolute Gasteiger partial charge is 0.272 e. The Bertz CT molecular complexity index is 798. The van der Waals surface area contributed by atoms with Crippen LogP contribution in [0.1, 0.15) is 0 Å². The van der Waals surface area contributed by atoms with Gasteiger partial charge in [0.15, 0.2) is 11.6 Å². The van der Waals surface area contributed by atoms with E-state index in [1.165, 1.54) is 24.3 Å². The van der Waals surface area contributed by atoms with Crippen LogP contribution < -0.4 is 9.80 Å². The zero-order valence-electron chi connectivity index (χ0n) is 13.5. The molecule has 0 atom stereocenters. The summed E-state index contributed by atoms with van der Waals surface area (Å²) in [6, 6.07) is 6.93. The summed E-state index contributed by atoms with van der Waals surface area (Å²) in [4.78, 5) is 23.5. The zero-order chi connectivity index (χ0) is 18.8. The maximum Gasteiger partial charge on any atom is 0.272 e. The first kappa shape index (κ1) is 17.5. The van der Waals surface area contributed by atoms with Crippen LogP contribution in [-0.2, 0) is 0 Å². The van der Waals surface area contributed by atoms with Gasteiger partial charge in [0.1, 0.15) is 0 Å². The summed E-state index contributed by atoms with van der Waals surface area (Å²) >= 11 is 0. The van der Waals surface area contributed by atoms with E-state index in [1.54, 1.807) is 9.80 Å². The van der Waals surface area contributed by atoms with Crippen molar-refractivity contribution in [1.82, 2.24) is 0 Å². The van der Waals surface area contributed by atoms with Crippen LogP contribution >= 0.6 is 0 Å². The molecule has 1 fully saturated rings. The Labute approximate surface area is 146 Å². The molecule has 0 amide bonds. The van der Waals surface area contributed by atoms with Crippen LogP contribution in [0.4, 0.5) is 31.5 Å². The van der Waals surface area contributed by atoms with Crippen LogP contribution in [0.15, 0.2) is 36.4 Å². The van der Waals surface area contributed by atoms with Gasteiger partial charge in [-0.25, -0.2) is 8.78 Å². The average molecular weight is 364 g/mol. The summed E-state index contributed by atoms with van der Waals surface area (Å²) in [5.74, 6) is -1.37. The molecule has 0 unspecified atom stereocenters. The average Bonchev–Trinajstić information content (AvgIpc) is 2.61. The van der Waals surface area contributed by atoms with E-state index in [-0.39, 0.29) is 22.7 Å². The number of benzene rings is 2. The SMILES string of the molecule is O=[N+]([O-])c1ccc(N2CCN(c3ccc([N+](=O)[O-])cc3F)CC2)c(F)c1. The third-order valence-electron chi connectivity index (χ3n) is 4.25. The number of nitro groups is 2. The van der Waals surface area contributed by atoms with Crippen molar-refractivity contribution in [2.24, 2.45) is 0 Å².